The van der Waals surface area contributed by atoms with Crippen LogP contribution in [0.15, 0.2) is 53.1 Å². The van der Waals surface area contributed by atoms with Crippen LogP contribution in [0.2, 0.25) is 5.02 Å². The van der Waals surface area contributed by atoms with Gasteiger partial charge in [-0.15, -0.1) is 0 Å². The molecule has 5 nitrogen and oxygen atoms in total. The van der Waals surface area contributed by atoms with Gasteiger partial charge in [0.2, 0.25) is 0 Å². The lowest BCUT2D eigenvalue weighted by molar-refractivity contribution is 0.0780. The van der Waals surface area contributed by atoms with Gasteiger partial charge in [-0.3, -0.25) is 4.79 Å². The molecular weight excluding hydrogens is 402 g/mol. The van der Waals surface area contributed by atoms with Crippen molar-refractivity contribution in [2.45, 2.75) is 18.9 Å². The number of aromatic nitrogens is 1. The minimum absolute atomic E-state index is 0.129. The fourth-order valence-electron chi connectivity index (χ4n) is 3.38. The van der Waals surface area contributed by atoms with Crippen molar-refractivity contribution in [1.29, 1.82) is 0 Å². The van der Waals surface area contributed by atoms with Crippen molar-refractivity contribution in [1.82, 2.24) is 10.1 Å². The SMILES string of the molecule is O=C(c1cc(COc2c(F)cccc2F)on1)N1CC[C@H](c2cccc(Cl)c2)C1. The highest BCUT2D eigenvalue weighted by Gasteiger charge is 2.29. The molecule has 1 atom stereocenters. The molecule has 0 saturated carbocycles. The first-order chi connectivity index (χ1) is 14.0. The van der Waals surface area contributed by atoms with Crippen molar-refractivity contribution in [2.75, 3.05) is 13.1 Å². The number of ether oxygens (including phenoxy) is 1. The highest BCUT2D eigenvalue weighted by molar-refractivity contribution is 6.30. The Labute approximate surface area is 170 Å². The van der Waals surface area contributed by atoms with Gasteiger partial charge in [-0.2, -0.15) is 0 Å². The quantitative estimate of drug-likeness (QED) is 0.596. The Morgan fingerprint density at radius 1 is 1.21 bits per heavy atom. The molecule has 0 aliphatic carbocycles. The maximum atomic E-state index is 13.6. The fourth-order valence-corrected chi connectivity index (χ4v) is 3.58. The largest absolute Gasteiger partial charge is 0.479 e. The molecule has 2 aromatic carbocycles. The molecule has 0 N–H and O–H groups in total. The topological polar surface area (TPSA) is 55.6 Å². The zero-order valence-electron chi connectivity index (χ0n) is 15.3. The smallest absolute Gasteiger partial charge is 0.276 e. The van der Waals surface area contributed by atoms with Crippen LogP contribution in [0.5, 0.6) is 5.75 Å². The lowest BCUT2D eigenvalue weighted by Gasteiger charge is -2.15. The molecule has 0 spiro atoms. The van der Waals surface area contributed by atoms with Crippen LogP contribution in [-0.4, -0.2) is 29.1 Å². The van der Waals surface area contributed by atoms with Crippen LogP contribution in [-0.2, 0) is 6.61 Å². The second-order valence-electron chi connectivity index (χ2n) is 6.81. The summed E-state index contributed by atoms with van der Waals surface area (Å²) >= 11 is 6.05. The van der Waals surface area contributed by atoms with E-state index in [4.69, 9.17) is 20.9 Å². The van der Waals surface area contributed by atoms with Crippen LogP contribution in [0, 0.1) is 11.6 Å². The Morgan fingerprint density at radius 3 is 2.72 bits per heavy atom. The van der Waals surface area contributed by atoms with Gasteiger partial charge in [0.15, 0.2) is 28.8 Å². The van der Waals surface area contributed by atoms with E-state index in [1.807, 2.05) is 24.3 Å². The number of halogens is 3. The molecule has 2 heterocycles. The number of likely N-dealkylation sites (tertiary alicyclic amines) is 1. The van der Waals surface area contributed by atoms with Gasteiger partial charge in [-0.1, -0.05) is 35.0 Å². The normalized spacial score (nSPS) is 16.2. The molecular formula is C21H17ClF2N2O3. The van der Waals surface area contributed by atoms with E-state index in [0.29, 0.717) is 18.1 Å². The zero-order chi connectivity index (χ0) is 20.4. The van der Waals surface area contributed by atoms with Gasteiger partial charge in [0.05, 0.1) is 0 Å². The molecule has 1 aliphatic heterocycles. The van der Waals surface area contributed by atoms with Crippen molar-refractivity contribution in [2.24, 2.45) is 0 Å². The Balaban J connectivity index is 1.39. The Morgan fingerprint density at radius 2 is 1.97 bits per heavy atom. The van der Waals surface area contributed by atoms with Crippen LogP contribution in [0.1, 0.15) is 34.2 Å². The first-order valence-corrected chi connectivity index (χ1v) is 9.46. The lowest BCUT2D eigenvalue weighted by atomic mass is 9.99. The van der Waals surface area contributed by atoms with Gasteiger partial charge in [-0.25, -0.2) is 8.78 Å². The summed E-state index contributed by atoms with van der Waals surface area (Å²) in [6, 6.07) is 12.5. The monoisotopic (exact) mass is 418 g/mol. The van der Waals surface area contributed by atoms with Gasteiger partial charge in [-0.05, 0) is 36.2 Å². The molecule has 0 bridgehead atoms. The Hall–Kier alpha value is -2.93. The molecule has 1 fully saturated rings. The van der Waals surface area contributed by atoms with Crippen LogP contribution in [0.4, 0.5) is 8.78 Å². The van der Waals surface area contributed by atoms with E-state index in [9.17, 15) is 13.6 Å². The number of amides is 1. The highest BCUT2D eigenvalue weighted by Crippen LogP contribution is 2.29. The predicted octanol–water partition coefficient (Wildman–Crippen LogP) is 4.81. The van der Waals surface area contributed by atoms with Crippen LogP contribution in [0.25, 0.3) is 0 Å². The molecule has 4 rings (SSSR count). The molecule has 0 unspecified atom stereocenters. The molecule has 3 aromatic rings. The number of hydrogen-bond acceptors (Lipinski definition) is 4. The van der Waals surface area contributed by atoms with E-state index in [0.717, 1.165) is 24.1 Å². The number of hydrogen-bond donors (Lipinski definition) is 0. The van der Waals surface area contributed by atoms with Crippen molar-refractivity contribution in [3.05, 3.63) is 82.2 Å². The van der Waals surface area contributed by atoms with Gasteiger partial charge >= 0.3 is 0 Å². The average Bonchev–Trinajstić information content (AvgIpc) is 3.37. The number of nitrogens with zero attached hydrogens (tertiary/aromatic N) is 2. The second-order valence-corrected chi connectivity index (χ2v) is 7.25. The van der Waals surface area contributed by atoms with Gasteiger partial charge in [0, 0.05) is 30.1 Å². The summed E-state index contributed by atoms with van der Waals surface area (Å²) in [5.41, 5.74) is 1.22. The van der Waals surface area contributed by atoms with Crippen LogP contribution >= 0.6 is 11.6 Å². The Bertz CT molecular complexity index is 1020. The summed E-state index contributed by atoms with van der Waals surface area (Å²) in [5, 5.41) is 4.44. The van der Waals surface area contributed by atoms with Crippen molar-refractivity contribution in [3.63, 3.8) is 0 Å². The van der Waals surface area contributed by atoms with E-state index in [-0.39, 0.29) is 29.9 Å². The summed E-state index contributed by atoms with van der Waals surface area (Å²) in [4.78, 5) is 14.4. The molecule has 29 heavy (non-hydrogen) atoms. The van der Waals surface area contributed by atoms with Gasteiger partial charge < -0.3 is 14.2 Å². The number of rotatable bonds is 5. The third-order valence-electron chi connectivity index (χ3n) is 4.85. The average molecular weight is 419 g/mol. The second kappa shape index (κ2) is 8.21. The third kappa shape index (κ3) is 4.24. The number of carbonyl (C=O) groups excluding carboxylic acids is 1. The van der Waals surface area contributed by atoms with E-state index in [1.54, 1.807) is 4.90 Å². The molecule has 1 amide bonds. The molecule has 1 aromatic heterocycles. The maximum absolute atomic E-state index is 13.6. The van der Waals surface area contributed by atoms with Gasteiger partial charge in [0.1, 0.15) is 6.61 Å². The lowest BCUT2D eigenvalue weighted by Crippen LogP contribution is -2.28. The first kappa shape index (κ1) is 19.4. The summed E-state index contributed by atoms with van der Waals surface area (Å²) < 4.78 is 37.5. The number of para-hydroxylation sites is 1. The minimum Gasteiger partial charge on any atom is -0.479 e. The standard InChI is InChI=1S/C21H17ClF2N2O3/c22-15-4-1-3-13(9-15)14-7-8-26(11-14)21(27)19-10-16(29-25-19)12-28-20-17(23)5-2-6-18(20)24/h1-6,9-10,14H,7-8,11-12H2/t14-/m0/s1. The summed E-state index contributed by atoms with van der Waals surface area (Å²) in [6.07, 6.45) is 0.826. The maximum Gasteiger partial charge on any atom is 0.276 e. The fraction of sp³-hybridized carbons (Fsp3) is 0.238. The van der Waals surface area contributed by atoms with Crippen molar-refractivity contribution in [3.8, 4) is 5.75 Å². The van der Waals surface area contributed by atoms with Crippen LogP contribution < -0.4 is 4.74 Å². The van der Waals surface area contributed by atoms with E-state index < -0.39 is 17.4 Å². The zero-order valence-corrected chi connectivity index (χ0v) is 16.0. The molecule has 0 radical (unpaired) electrons. The van der Waals surface area contributed by atoms with Crippen molar-refractivity contribution < 1.29 is 22.8 Å². The predicted molar refractivity (Wildman–Crippen MR) is 102 cm³/mol. The van der Waals surface area contributed by atoms with Crippen LogP contribution in [0.3, 0.4) is 0 Å². The molecule has 150 valence electrons. The first-order valence-electron chi connectivity index (χ1n) is 9.08. The van der Waals surface area contributed by atoms with Gasteiger partial charge in [0.25, 0.3) is 5.91 Å². The van der Waals surface area contributed by atoms with Crippen molar-refractivity contribution >= 4 is 17.5 Å². The molecule has 8 heteroatoms. The van der Waals surface area contributed by atoms with E-state index in [2.05, 4.69) is 5.16 Å². The summed E-state index contributed by atoms with van der Waals surface area (Å²) in [6.45, 7) is 0.900. The van der Waals surface area contributed by atoms with E-state index in [1.165, 1.54) is 12.1 Å². The number of carbonyl (C=O) groups is 1. The minimum atomic E-state index is -0.815. The summed E-state index contributed by atoms with van der Waals surface area (Å²) in [5.74, 6) is -1.99. The number of benzene rings is 2. The molecule has 1 aliphatic rings. The van der Waals surface area contributed by atoms with E-state index >= 15 is 0 Å². The Kier molecular flexibility index (Phi) is 5.49. The highest BCUT2D eigenvalue weighted by atomic mass is 35.5. The molecule has 1 saturated heterocycles. The third-order valence-corrected chi connectivity index (χ3v) is 5.09. The summed E-state index contributed by atoms with van der Waals surface area (Å²) in [7, 11) is 0.